The monoisotopic (exact) mass is 237 g/mol. The van der Waals surface area contributed by atoms with E-state index in [1.807, 2.05) is 18.2 Å². The molecule has 1 heterocycles. The summed E-state index contributed by atoms with van der Waals surface area (Å²) >= 11 is 0. The third-order valence-electron chi connectivity index (χ3n) is 3.67. The molecule has 0 unspecified atom stereocenters. The minimum atomic E-state index is 0.0820. The summed E-state index contributed by atoms with van der Waals surface area (Å²) in [7, 11) is 0. The zero-order valence-corrected chi connectivity index (χ0v) is 10.2. The molecular weight excluding hydrogens is 222 g/mol. The van der Waals surface area contributed by atoms with Crippen molar-refractivity contribution in [2.24, 2.45) is 0 Å². The third kappa shape index (κ3) is 2.06. The van der Waals surface area contributed by atoms with Crippen LogP contribution in [-0.4, -0.2) is 10.8 Å². The average molecular weight is 237 g/mol. The molecule has 18 heavy (non-hydrogen) atoms. The van der Waals surface area contributed by atoms with E-state index in [-0.39, 0.29) is 5.78 Å². The first-order valence-corrected chi connectivity index (χ1v) is 6.39. The van der Waals surface area contributed by atoms with Crippen molar-refractivity contribution >= 4 is 5.78 Å². The van der Waals surface area contributed by atoms with Crippen LogP contribution in [0.5, 0.6) is 0 Å². The predicted molar refractivity (Wildman–Crippen MR) is 70.7 cm³/mol. The molecule has 2 heteroatoms. The maximum Gasteiger partial charge on any atom is 0.193 e. The van der Waals surface area contributed by atoms with E-state index in [4.69, 9.17) is 0 Å². The van der Waals surface area contributed by atoms with Gasteiger partial charge in [-0.1, -0.05) is 24.6 Å². The number of nitrogens with zero attached hydrogens (tertiary/aromatic N) is 1. The molecule has 0 spiro atoms. The van der Waals surface area contributed by atoms with Crippen molar-refractivity contribution in [3.8, 4) is 0 Å². The first kappa shape index (κ1) is 11.1. The van der Waals surface area contributed by atoms with Crippen LogP contribution >= 0.6 is 0 Å². The Kier molecular flexibility index (Phi) is 2.93. The van der Waals surface area contributed by atoms with E-state index in [0.717, 1.165) is 5.56 Å². The summed E-state index contributed by atoms with van der Waals surface area (Å²) in [4.78, 5) is 16.2. The lowest BCUT2D eigenvalue weighted by molar-refractivity contribution is 0.103. The van der Waals surface area contributed by atoms with Crippen LogP contribution in [0, 0.1) is 0 Å². The molecule has 1 aliphatic carbocycles. The zero-order chi connectivity index (χ0) is 12.4. The number of aromatic nitrogens is 1. The maximum absolute atomic E-state index is 12.3. The van der Waals surface area contributed by atoms with Gasteiger partial charge in [0.25, 0.3) is 0 Å². The van der Waals surface area contributed by atoms with Crippen LogP contribution in [0.1, 0.15) is 46.7 Å². The molecule has 0 amide bonds. The first-order valence-electron chi connectivity index (χ1n) is 6.39. The molecule has 0 saturated heterocycles. The van der Waals surface area contributed by atoms with E-state index >= 15 is 0 Å². The Hall–Kier alpha value is -1.96. The summed E-state index contributed by atoms with van der Waals surface area (Å²) in [6.07, 6.45) is 7.14. The van der Waals surface area contributed by atoms with Gasteiger partial charge in [0.2, 0.25) is 0 Å². The Morgan fingerprint density at radius 2 is 1.83 bits per heavy atom. The fourth-order valence-electron chi connectivity index (χ4n) is 2.35. The number of pyridine rings is 1. The Balaban J connectivity index is 1.90. The van der Waals surface area contributed by atoms with Crippen molar-refractivity contribution in [1.29, 1.82) is 0 Å². The lowest BCUT2D eigenvalue weighted by atomic mass is 9.79. The van der Waals surface area contributed by atoms with Crippen LogP contribution in [0.2, 0.25) is 0 Å². The van der Waals surface area contributed by atoms with Gasteiger partial charge in [-0.3, -0.25) is 9.78 Å². The van der Waals surface area contributed by atoms with Gasteiger partial charge in [0.1, 0.15) is 0 Å². The molecule has 2 nitrogen and oxygen atoms in total. The van der Waals surface area contributed by atoms with E-state index < -0.39 is 0 Å². The molecule has 1 saturated carbocycles. The van der Waals surface area contributed by atoms with Gasteiger partial charge in [0.05, 0.1) is 0 Å². The standard InChI is InChI=1S/C16H15NO/c18-16(13-7-9-17-10-8-13)15-6-2-5-14(11-15)12-3-1-4-12/h2,5-12H,1,3-4H2. The molecule has 1 aromatic heterocycles. The largest absolute Gasteiger partial charge is 0.289 e. The Morgan fingerprint density at radius 1 is 1.06 bits per heavy atom. The van der Waals surface area contributed by atoms with Crippen LogP contribution in [-0.2, 0) is 0 Å². The normalized spacial score (nSPS) is 15.1. The molecule has 90 valence electrons. The SMILES string of the molecule is O=C(c1ccncc1)c1cccc(C2CCC2)c1. The number of hydrogen-bond donors (Lipinski definition) is 0. The molecule has 0 aliphatic heterocycles. The molecule has 0 bridgehead atoms. The lowest BCUT2D eigenvalue weighted by Gasteiger charge is -2.26. The van der Waals surface area contributed by atoms with Gasteiger partial charge >= 0.3 is 0 Å². The quantitative estimate of drug-likeness (QED) is 0.764. The lowest BCUT2D eigenvalue weighted by Crippen LogP contribution is -2.10. The maximum atomic E-state index is 12.3. The molecule has 1 aliphatic rings. The van der Waals surface area contributed by atoms with Crippen LogP contribution in [0.3, 0.4) is 0 Å². The second kappa shape index (κ2) is 4.73. The third-order valence-corrected chi connectivity index (χ3v) is 3.67. The molecule has 0 radical (unpaired) electrons. The Morgan fingerprint density at radius 3 is 2.50 bits per heavy atom. The van der Waals surface area contributed by atoms with E-state index in [1.165, 1.54) is 24.8 Å². The number of hydrogen-bond acceptors (Lipinski definition) is 2. The van der Waals surface area contributed by atoms with Crippen molar-refractivity contribution in [1.82, 2.24) is 4.98 Å². The summed E-state index contributed by atoms with van der Waals surface area (Å²) in [5.41, 5.74) is 2.79. The number of carbonyl (C=O) groups excluding carboxylic acids is 1. The van der Waals surface area contributed by atoms with Crippen LogP contribution in [0.25, 0.3) is 0 Å². The fraction of sp³-hybridized carbons (Fsp3) is 0.250. The molecule has 0 atom stereocenters. The molecule has 1 fully saturated rings. The molecule has 3 rings (SSSR count). The summed E-state index contributed by atoms with van der Waals surface area (Å²) in [6, 6.07) is 11.6. The first-order chi connectivity index (χ1) is 8.84. The molecule has 1 aromatic carbocycles. The number of carbonyl (C=O) groups is 1. The van der Waals surface area contributed by atoms with E-state index in [2.05, 4.69) is 11.1 Å². The van der Waals surface area contributed by atoms with Crippen molar-refractivity contribution in [2.45, 2.75) is 25.2 Å². The van der Waals surface area contributed by atoms with Crippen molar-refractivity contribution < 1.29 is 4.79 Å². The zero-order valence-electron chi connectivity index (χ0n) is 10.2. The predicted octanol–water partition coefficient (Wildman–Crippen LogP) is 3.58. The highest BCUT2D eigenvalue weighted by molar-refractivity contribution is 6.08. The summed E-state index contributed by atoms with van der Waals surface area (Å²) in [6.45, 7) is 0. The minimum absolute atomic E-state index is 0.0820. The van der Waals surface area contributed by atoms with Crippen LogP contribution in [0.4, 0.5) is 0 Å². The van der Waals surface area contributed by atoms with Gasteiger partial charge in [0.15, 0.2) is 5.78 Å². The Bertz CT molecular complexity index is 558. The van der Waals surface area contributed by atoms with Gasteiger partial charge in [0, 0.05) is 23.5 Å². The summed E-state index contributed by atoms with van der Waals surface area (Å²) in [5.74, 6) is 0.744. The highest BCUT2D eigenvalue weighted by Gasteiger charge is 2.20. The van der Waals surface area contributed by atoms with Gasteiger partial charge in [-0.15, -0.1) is 0 Å². The van der Waals surface area contributed by atoms with Gasteiger partial charge in [-0.05, 0) is 42.5 Å². The number of rotatable bonds is 3. The van der Waals surface area contributed by atoms with Crippen molar-refractivity contribution in [3.63, 3.8) is 0 Å². The molecule has 0 N–H and O–H groups in total. The van der Waals surface area contributed by atoms with E-state index in [0.29, 0.717) is 11.5 Å². The van der Waals surface area contributed by atoms with Crippen molar-refractivity contribution in [2.75, 3.05) is 0 Å². The number of benzene rings is 1. The van der Waals surface area contributed by atoms with Gasteiger partial charge in [-0.25, -0.2) is 0 Å². The van der Waals surface area contributed by atoms with Crippen molar-refractivity contribution in [3.05, 3.63) is 65.5 Å². The number of ketones is 1. The second-order valence-electron chi connectivity index (χ2n) is 4.82. The minimum Gasteiger partial charge on any atom is -0.289 e. The fourth-order valence-corrected chi connectivity index (χ4v) is 2.35. The van der Waals surface area contributed by atoms with Gasteiger partial charge in [-0.2, -0.15) is 0 Å². The smallest absolute Gasteiger partial charge is 0.193 e. The van der Waals surface area contributed by atoms with E-state index in [9.17, 15) is 4.79 Å². The average Bonchev–Trinajstić information content (AvgIpc) is 2.37. The van der Waals surface area contributed by atoms with Crippen LogP contribution in [0.15, 0.2) is 48.8 Å². The van der Waals surface area contributed by atoms with Crippen LogP contribution < -0.4 is 0 Å². The summed E-state index contributed by atoms with van der Waals surface area (Å²) in [5, 5.41) is 0. The second-order valence-corrected chi connectivity index (χ2v) is 4.82. The Labute approximate surface area is 107 Å². The highest BCUT2D eigenvalue weighted by Crippen LogP contribution is 2.36. The van der Waals surface area contributed by atoms with Gasteiger partial charge < -0.3 is 0 Å². The molecular formula is C16H15NO. The highest BCUT2D eigenvalue weighted by atomic mass is 16.1. The molecule has 2 aromatic rings. The topological polar surface area (TPSA) is 30.0 Å². The van der Waals surface area contributed by atoms with E-state index in [1.54, 1.807) is 24.5 Å². The summed E-state index contributed by atoms with van der Waals surface area (Å²) < 4.78 is 0.